The highest BCUT2D eigenvalue weighted by Gasteiger charge is 2.20. The van der Waals surface area contributed by atoms with E-state index < -0.39 is 0 Å². The molecule has 1 N–H and O–H groups in total. The monoisotopic (exact) mass is 428 g/mol. The summed E-state index contributed by atoms with van der Waals surface area (Å²) in [7, 11) is 3.19. The number of carbonyl (C=O) groups excluding carboxylic acids is 1. The van der Waals surface area contributed by atoms with E-state index >= 15 is 0 Å². The van der Waals surface area contributed by atoms with Crippen molar-refractivity contribution < 1.29 is 18.7 Å². The lowest BCUT2D eigenvalue weighted by atomic mass is 10.1. The van der Waals surface area contributed by atoms with Crippen LogP contribution in [0.3, 0.4) is 0 Å². The van der Waals surface area contributed by atoms with Crippen molar-refractivity contribution in [3.05, 3.63) is 58.1 Å². The second kappa shape index (κ2) is 7.77. The molecule has 1 amide bonds. The maximum absolute atomic E-state index is 12.8. The summed E-state index contributed by atoms with van der Waals surface area (Å²) in [5.41, 5.74) is 2.67. The lowest BCUT2D eigenvalue weighted by Gasteiger charge is -2.08. The fourth-order valence-electron chi connectivity index (χ4n) is 3.05. The number of para-hydroxylation sites is 1. The normalized spacial score (nSPS) is 10.9. The molecule has 2 heterocycles. The quantitative estimate of drug-likeness (QED) is 0.435. The lowest BCUT2D eigenvalue weighted by molar-refractivity contribution is 0.0998. The number of hydrogen-bond donors (Lipinski definition) is 1. The Hall–Kier alpha value is -3.03. The molecule has 148 valence electrons. The standard InChI is InChI=1S/C21H17ClN2O4S/c1-11-13-5-4-6-15(22)19(13)28-18(11)20(25)24-21-23-16(10-29-21)14-9-12(26-2)7-8-17(14)27-3/h4-10H,1-3H3,(H,23,24,25). The number of anilines is 1. The Morgan fingerprint density at radius 1 is 1.21 bits per heavy atom. The Balaban J connectivity index is 1.63. The van der Waals surface area contributed by atoms with Crippen LogP contribution in [0.25, 0.3) is 22.2 Å². The van der Waals surface area contributed by atoms with Crippen LogP contribution < -0.4 is 14.8 Å². The van der Waals surface area contributed by atoms with Crippen LogP contribution in [0.2, 0.25) is 5.02 Å². The predicted octanol–water partition coefficient (Wildman–Crippen LogP) is 5.79. The van der Waals surface area contributed by atoms with Crippen LogP contribution in [-0.2, 0) is 0 Å². The van der Waals surface area contributed by atoms with Crippen LogP contribution in [0.5, 0.6) is 11.5 Å². The molecule has 0 atom stereocenters. The number of ether oxygens (including phenoxy) is 2. The highest BCUT2D eigenvalue weighted by molar-refractivity contribution is 7.14. The molecule has 4 rings (SSSR count). The second-order valence-electron chi connectivity index (χ2n) is 6.23. The van der Waals surface area contributed by atoms with Gasteiger partial charge >= 0.3 is 0 Å². The molecule has 2 aromatic heterocycles. The van der Waals surface area contributed by atoms with Gasteiger partial charge in [0, 0.05) is 21.9 Å². The molecule has 2 aromatic carbocycles. The molecule has 0 unspecified atom stereocenters. The number of hydrogen-bond acceptors (Lipinski definition) is 6. The number of benzene rings is 2. The van der Waals surface area contributed by atoms with Gasteiger partial charge in [-0.1, -0.05) is 23.7 Å². The molecule has 0 radical (unpaired) electrons. The van der Waals surface area contributed by atoms with Gasteiger partial charge in [-0.2, -0.15) is 0 Å². The third kappa shape index (κ3) is 3.54. The van der Waals surface area contributed by atoms with Crippen LogP contribution in [0.15, 0.2) is 46.2 Å². The minimum absolute atomic E-state index is 0.212. The van der Waals surface area contributed by atoms with Gasteiger partial charge in [0.1, 0.15) is 11.5 Å². The molecule has 0 bridgehead atoms. The highest BCUT2D eigenvalue weighted by Crippen LogP contribution is 2.36. The van der Waals surface area contributed by atoms with Gasteiger partial charge in [0.05, 0.1) is 24.9 Å². The Labute approximate surface area is 176 Å². The van der Waals surface area contributed by atoms with Crippen LogP contribution in [0, 0.1) is 6.92 Å². The van der Waals surface area contributed by atoms with E-state index in [1.54, 1.807) is 20.3 Å². The molecule has 0 fully saturated rings. The summed E-state index contributed by atoms with van der Waals surface area (Å²) in [4.78, 5) is 17.3. The van der Waals surface area contributed by atoms with Crippen molar-refractivity contribution in [2.75, 3.05) is 19.5 Å². The SMILES string of the molecule is COc1ccc(OC)c(-c2csc(NC(=O)c3oc4c(Cl)cccc4c3C)n2)c1. The highest BCUT2D eigenvalue weighted by atomic mass is 35.5. The van der Waals surface area contributed by atoms with Crippen molar-refractivity contribution in [2.24, 2.45) is 0 Å². The fourth-order valence-corrected chi connectivity index (χ4v) is 3.97. The van der Waals surface area contributed by atoms with Crippen molar-refractivity contribution >= 4 is 44.9 Å². The van der Waals surface area contributed by atoms with Crippen molar-refractivity contribution in [2.45, 2.75) is 6.92 Å². The summed E-state index contributed by atoms with van der Waals surface area (Å²) >= 11 is 7.48. The summed E-state index contributed by atoms with van der Waals surface area (Å²) in [6.07, 6.45) is 0. The maximum atomic E-state index is 12.8. The molecule has 0 aliphatic rings. The zero-order valence-corrected chi connectivity index (χ0v) is 17.5. The zero-order chi connectivity index (χ0) is 20.5. The molecule has 29 heavy (non-hydrogen) atoms. The van der Waals surface area contributed by atoms with E-state index in [1.807, 2.05) is 42.6 Å². The molecule has 0 saturated carbocycles. The summed E-state index contributed by atoms with van der Waals surface area (Å²) in [5, 5.41) is 6.36. The first-order chi connectivity index (χ1) is 14.0. The third-order valence-corrected chi connectivity index (χ3v) is 5.58. The van der Waals surface area contributed by atoms with Crippen molar-refractivity contribution in [3.8, 4) is 22.8 Å². The first kappa shape index (κ1) is 19.3. The van der Waals surface area contributed by atoms with Gasteiger partial charge < -0.3 is 13.9 Å². The van der Waals surface area contributed by atoms with Gasteiger partial charge in [-0.05, 0) is 31.2 Å². The maximum Gasteiger partial charge on any atom is 0.293 e. The number of fused-ring (bicyclic) bond motifs is 1. The number of aryl methyl sites for hydroxylation is 1. The van der Waals surface area contributed by atoms with Crippen molar-refractivity contribution in [1.82, 2.24) is 4.98 Å². The molecular weight excluding hydrogens is 412 g/mol. The Kier molecular flexibility index (Phi) is 5.17. The number of thiazole rings is 1. The van der Waals surface area contributed by atoms with Gasteiger partial charge in [0.25, 0.3) is 5.91 Å². The average Bonchev–Trinajstić information content (AvgIpc) is 3.33. The smallest absolute Gasteiger partial charge is 0.293 e. The van der Waals surface area contributed by atoms with E-state index in [0.717, 1.165) is 16.5 Å². The average molecular weight is 429 g/mol. The van der Waals surface area contributed by atoms with Gasteiger partial charge in [-0.25, -0.2) is 4.98 Å². The van der Waals surface area contributed by atoms with Gasteiger partial charge in [0.15, 0.2) is 16.5 Å². The summed E-state index contributed by atoms with van der Waals surface area (Å²) in [6.45, 7) is 1.82. The van der Waals surface area contributed by atoms with Crippen molar-refractivity contribution in [1.29, 1.82) is 0 Å². The van der Waals surface area contributed by atoms with E-state index in [-0.39, 0.29) is 11.7 Å². The molecule has 6 nitrogen and oxygen atoms in total. The van der Waals surface area contributed by atoms with Gasteiger partial charge in [0.2, 0.25) is 0 Å². The van der Waals surface area contributed by atoms with E-state index in [0.29, 0.717) is 32.9 Å². The van der Waals surface area contributed by atoms with E-state index in [1.165, 1.54) is 11.3 Å². The topological polar surface area (TPSA) is 73.6 Å². The van der Waals surface area contributed by atoms with Gasteiger partial charge in [-0.3, -0.25) is 10.1 Å². The van der Waals surface area contributed by atoms with Crippen molar-refractivity contribution in [3.63, 3.8) is 0 Å². The number of methoxy groups -OCH3 is 2. The molecule has 0 aliphatic heterocycles. The van der Waals surface area contributed by atoms with Crippen LogP contribution in [0.4, 0.5) is 5.13 Å². The first-order valence-corrected chi connectivity index (χ1v) is 9.94. The Bertz CT molecular complexity index is 1210. The number of rotatable bonds is 5. The lowest BCUT2D eigenvalue weighted by Crippen LogP contribution is -2.11. The van der Waals surface area contributed by atoms with E-state index in [2.05, 4.69) is 10.3 Å². The number of furan rings is 1. The summed E-state index contributed by atoms with van der Waals surface area (Å²) in [5.74, 6) is 1.18. The van der Waals surface area contributed by atoms with Crippen LogP contribution in [0.1, 0.15) is 16.1 Å². The van der Waals surface area contributed by atoms with Crippen LogP contribution >= 0.6 is 22.9 Å². The number of halogens is 1. The largest absolute Gasteiger partial charge is 0.497 e. The number of carbonyl (C=O) groups is 1. The predicted molar refractivity (Wildman–Crippen MR) is 115 cm³/mol. The Morgan fingerprint density at radius 2 is 2.03 bits per heavy atom. The minimum atomic E-state index is -0.381. The third-order valence-electron chi connectivity index (χ3n) is 4.53. The van der Waals surface area contributed by atoms with E-state index in [4.69, 9.17) is 25.5 Å². The molecule has 0 spiro atoms. The summed E-state index contributed by atoms with van der Waals surface area (Å²) in [6, 6.07) is 10.9. The number of nitrogens with one attached hydrogen (secondary N) is 1. The summed E-state index contributed by atoms with van der Waals surface area (Å²) < 4.78 is 16.4. The van der Waals surface area contributed by atoms with Crippen LogP contribution in [-0.4, -0.2) is 25.1 Å². The number of amides is 1. The molecular formula is C21H17ClN2O4S. The fraction of sp³-hybridized carbons (Fsp3) is 0.143. The molecule has 8 heteroatoms. The minimum Gasteiger partial charge on any atom is -0.497 e. The molecule has 0 saturated heterocycles. The second-order valence-corrected chi connectivity index (χ2v) is 7.50. The van der Waals surface area contributed by atoms with E-state index in [9.17, 15) is 4.79 Å². The first-order valence-electron chi connectivity index (χ1n) is 8.68. The molecule has 0 aliphatic carbocycles. The number of aromatic nitrogens is 1. The van der Waals surface area contributed by atoms with Gasteiger partial charge in [-0.15, -0.1) is 11.3 Å². The number of nitrogens with zero attached hydrogens (tertiary/aromatic N) is 1. The zero-order valence-electron chi connectivity index (χ0n) is 15.9. The Morgan fingerprint density at radius 3 is 2.76 bits per heavy atom. The molecule has 4 aromatic rings.